The van der Waals surface area contributed by atoms with Crippen molar-refractivity contribution in [2.75, 3.05) is 20.3 Å². The van der Waals surface area contributed by atoms with Crippen LogP contribution in [-0.2, 0) is 19.1 Å². The molecule has 1 aliphatic rings. The van der Waals surface area contributed by atoms with E-state index < -0.39 is 17.9 Å². The molecular formula is C19H25N2O4+. The van der Waals surface area contributed by atoms with Gasteiger partial charge in [-0.1, -0.05) is 0 Å². The maximum atomic E-state index is 12.7. The normalized spacial score (nSPS) is 15.5. The molecule has 0 spiro atoms. The van der Waals surface area contributed by atoms with Crippen molar-refractivity contribution in [1.29, 1.82) is 0 Å². The maximum Gasteiger partial charge on any atom is 0.336 e. The lowest BCUT2D eigenvalue weighted by molar-refractivity contribution is -0.378. The molecule has 0 atom stereocenters. The molecule has 0 bridgehead atoms. The van der Waals surface area contributed by atoms with E-state index in [1.165, 1.54) is 0 Å². The third-order valence-electron chi connectivity index (χ3n) is 4.42. The molecule has 1 aromatic rings. The van der Waals surface area contributed by atoms with Gasteiger partial charge < -0.3 is 14.4 Å². The minimum atomic E-state index is -0.535. The Labute approximate surface area is 148 Å². The van der Waals surface area contributed by atoms with E-state index in [4.69, 9.17) is 9.47 Å². The minimum Gasteiger partial charge on any atom is -0.463 e. The number of pyridine rings is 1. The quantitative estimate of drug-likeness (QED) is 0.765. The van der Waals surface area contributed by atoms with E-state index in [9.17, 15) is 9.59 Å². The van der Waals surface area contributed by atoms with Gasteiger partial charge in [0.1, 0.15) is 0 Å². The summed E-state index contributed by atoms with van der Waals surface area (Å²) in [6.07, 6.45) is 3.56. The van der Waals surface area contributed by atoms with E-state index in [2.05, 4.69) is 4.98 Å². The van der Waals surface area contributed by atoms with Crippen molar-refractivity contribution in [3.05, 3.63) is 52.6 Å². The summed E-state index contributed by atoms with van der Waals surface area (Å²) in [7, 11) is 1.83. The van der Waals surface area contributed by atoms with Crippen LogP contribution in [0.4, 0.5) is 0 Å². The molecule has 2 heterocycles. The molecule has 1 N–H and O–H groups in total. The molecule has 2 rings (SSSR count). The topological polar surface area (TPSA) is 70.0 Å². The van der Waals surface area contributed by atoms with Crippen molar-refractivity contribution in [3.63, 3.8) is 0 Å². The van der Waals surface area contributed by atoms with Gasteiger partial charge in [-0.15, -0.1) is 0 Å². The first-order valence-electron chi connectivity index (χ1n) is 8.39. The summed E-state index contributed by atoms with van der Waals surface area (Å²) < 4.78 is 10.5. The first kappa shape index (κ1) is 18.7. The number of carbonyl (C=O) groups excluding carboxylic acids is 2. The first-order chi connectivity index (χ1) is 11.9. The lowest BCUT2D eigenvalue weighted by atomic mass is 9.80. The molecule has 0 radical (unpaired) electrons. The summed E-state index contributed by atoms with van der Waals surface area (Å²) in [6, 6.07) is 3.72. The van der Waals surface area contributed by atoms with Gasteiger partial charge in [-0.05, 0) is 33.8 Å². The molecule has 0 aromatic carbocycles. The largest absolute Gasteiger partial charge is 0.463 e. The number of carbonyl (C=O) groups is 2. The zero-order valence-electron chi connectivity index (χ0n) is 15.4. The minimum absolute atomic E-state index is 0.268. The van der Waals surface area contributed by atoms with Gasteiger partial charge in [0.05, 0.1) is 30.3 Å². The number of nitrogens with zero attached hydrogens (tertiary/aromatic N) is 1. The summed E-state index contributed by atoms with van der Waals surface area (Å²) >= 11 is 0. The molecule has 134 valence electrons. The van der Waals surface area contributed by atoms with E-state index in [1.54, 1.807) is 26.2 Å². The van der Waals surface area contributed by atoms with Crippen molar-refractivity contribution >= 4 is 11.9 Å². The maximum absolute atomic E-state index is 12.7. The third kappa shape index (κ3) is 3.57. The molecule has 0 amide bonds. The molecule has 1 aliphatic heterocycles. The average Bonchev–Trinajstić information content (AvgIpc) is 2.60. The van der Waals surface area contributed by atoms with Crippen molar-refractivity contribution in [1.82, 2.24) is 4.90 Å². The molecule has 0 unspecified atom stereocenters. The molecule has 0 aliphatic carbocycles. The van der Waals surface area contributed by atoms with E-state index in [0.29, 0.717) is 11.1 Å². The number of hydrogen-bond acceptors (Lipinski definition) is 5. The summed E-state index contributed by atoms with van der Waals surface area (Å²) in [4.78, 5) is 30.2. The predicted molar refractivity (Wildman–Crippen MR) is 92.2 cm³/mol. The Morgan fingerprint density at radius 2 is 1.60 bits per heavy atom. The van der Waals surface area contributed by atoms with Crippen LogP contribution < -0.4 is 4.98 Å². The fraction of sp³-hybridized carbons (Fsp3) is 0.421. The molecule has 6 nitrogen and oxygen atoms in total. The Morgan fingerprint density at radius 1 is 1.08 bits per heavy atom. The van der Waals surface area contributed by atoms with Gasteiger partial charge in [0.2, 0.25) is 0 Å². The Hall–Kier alpha value is -2.63. The Bertz CT molecular complexity index is 680. The zero-order chi connectivity index (χ0) is 18.6. The van der Waals surface area contributed by atoms with Gasteiger partial charge in [-0.3, -0.25) is 0 Å². The average molecular weight is 345 g/mol. The van der Waals surface area contributed by atoms with Gasteiger partial charge in [-0.25, -0.2) is 14.6 Å². The highest BCUT2D eigenvalue weighted by Gasteiger charge is 2.40. The standard InChI is InChI=1S/C19H24N2O4/c1-6-24-18(22)15-12(3)21(5)13(4)16(19(23)25-7-2)17(15)14-9-8-10-20-11-14/h8-11,17H,6-7H2,1-5H3/p+1. The smallest absolute Gasteiger partial charge is 0.336 e. The van der Waals surface area contributed by atoms with Crippen LogP contribution in [0.15, 0.2) is 47.1 Å². The van der Waals surface area contributed by atoms with Gasteiger partial charge in [0.15, 0.2) is 12.4 Å². The number of allylic oxidation sites excluding steroid dienone is 2. The Kier molecular flexibility index (Phi) is 5.96. The van der Waals surface area contributed by atoms with Crippen molar-refractivity contribution < 1.29 is 24.0 Å². The monoisotopic (exact) mass is 345 g/mol. The number of esters is 2. The number of aromatic amines is 1. The number of rotatable bonds is 5. The van der Waals surface area contributed by atoms with E-state index in [1.807, 2.05) is 37.9 Å². The lowest BCUT2D eigenvalue weighted by Crippen LogP contribution is -2.34. The van der Waals surface area contributed by atoms with Crippen LogP contribution in [0.5, 0.6) is 0 Å². The third-order valence-corrected chi connectivity index (χ3v) is 4.42. The van der Waals surface area contributed by atoms with Gasteiger partial charge in [0.25, 0.3) is 0 Å². The Morgan fingerprint density at radius 3 is 2.00 bits per heavy atom. The van der Waals surface area contributed by atoms with E-state index in [-0.39, 0.29) is 13.2 Å². The highest BCUT2D eigenvalue weighted by molar-refractivity contribution is 5.99. The van der Waals surface area contributed by atoms with Gasteiger partial charge in [-0.2, -0.15) is 0 Å². The van der Waals surface area contributed by atoms with Crippen LogP contribution in [0.2, 0.25) is 0 Å². The number of ether oxygens (including phenoxy) is 2. The van der Waals surface area contributed by atoms with Crippen LogP contribution in [0, 0.1) is 0 Å². The van der Waals surface area contributed by atoms with Crippen molar-refractivity contribution in [3.8, 4) is 0 Å². The highest BCUT2D eigenvalue weighted by atomic mass is 16.5. The summed E-state index contributed by atoms with van der Waals surface area (Å²) in [5, 5.41) is 0. The number of H-pyrrole nitrogens is 1. The van der Waals surface area contributed by atoms with Crippen LogP contribution in [-0.4, -0.2) is 37.1 Å². The second-order valence-electron chi connectivity index (χ2n) is 5.77. The van der Waals surface area contributed by atoms with Crippen molar-refractivity contribution in [2.45, 2.75) is 33.6 Å². The second kappa shape index (κ2) is 7.96. The lowest BCUT2D eigenvalue weighted by Gasteiger charge is -2.35. The van der Waals surface area contributed by atoms with Crippen LogP contribution in [0.1, 0.15) is 39.2 Å². The number of aromatic nitrogens is 1. The second-order valence-corrected chi connectivity index (χ2v) is 5.77. The van der Waals surface area contributed by atoms with Crippen LogP contribution in [0.3, 0.4) is 0 Å². The van der Waals surface area contributed by atoms with Crippen molar-refractivity contribution in [2.24, 2.45) is 0 Å². The summed E-state index contributed by atoms with van der Waals surface area (Å²) in [5.41, 5.74) is 3.24. The molecule has 0 fully saturated rings. The van der Waals surface area contributed by atoms with E-state index >= 15 is 0 Å². The molecule has 0 saturated carbocycles. The molecule has 1 aromatic heterocycles. The number of nitrogens with one attached hydrogen (secondary N) is 1. The highest BCUT2D eigenvalue weighted by Crippen LogP contribution is 2.41. The van der Waals surface area contributed by atoms with Crippen LogP contribution in [0.25, 0.3) is 0 Å². The summed E-state index contributed by atoms with van der Waals surface area (Å²) in [5.74, 6) is -1.38. The first-order valence-corrected chi connectivity index (χ1v) is 8.39. The van der Waals surface area contributed by atoms with Crippen LogP contribution >= 0.6 is 0 Å². The molecular weight excluding hydrogens is 320 g/mol. The van der Waals surface area contributed by atoms with E-state index in [0.717, 1.165) is 17.0 Å². The number of hydrogen-bond donors (Lipinski definition) is 0. The molecule has 6 heteroatoms. The summed E-state index contributed by atoms with van der Waals surface area (Å²) in [6.45, 7) is 7.78. The molecule has 0 saturated heterocycles. The zero-order valence-corrected chi connectivity index (χ0v) is 15.4. The SMILES string of the molecule is CCOC(=O)C1=C(C)N(C)C(C)=C(C(=O)OCC)C1c1ccc[nH+]c1. The Balaban J connectivity index is 2.68. The fourth-order valence-electron chi connectivity index (χ4n) is 3.04. The molecule has 25 heavy (non-hydrogen) atoms. The van der Waals surface area contributed by atoms with Gasteiger partial charge >= 0.3 is 11.9 Å². The van der Waals surface area contributed by atoms with Gasteiger partial charge in [0, 0.05) is 30.1 Å². The predicted octanol–water partition coefficient (Wildman–Crippen LogP) is 2.20. The fourth-order valence-corrected chi connectivity index (χ4v) is 3.04.